The number of aromatic hydroxyl groups is 1. The summed E-state index contributed by atoms with van der Waals surface area (Å²) in [6, 6.07) is 8.45. The Morgan fingerprint density at radius 1 is 1.02 bits per heavy atom. The number of allylic oxidation sites excluding steroid dienone is 2. The molecule has 0 radical (unpaired) electrons. The van der Waals surface area contributed by atoms with Crippen LogP contribution in [0.25, 0.3) is 11.0 Å². The van der Waals surface area contributed by atoms with E-state index in [0.29, 0.717) is 33.7 Å². The van der Waals surface area contributed by atoms with Crippen molar-refractivity contribution in [2.45, 2.75) is 47.6 Å². The molecular weight excluding hydrogens is 747 g/mol. The largest absolute Gasteiger partial charge is 0.508 e. The maximum Gasteiger partial charge on any atom is 0.347 e. The molecule has 49 heavy (non-hydrogen) atoms. The van der Waals surface area contributed by atoms with Gasteiger partial charge < -0.3 is 19.1 Å². The van der Waals surface area contributed by atoms with Gasteiger partial charge in [-0.3, -0.25) is 19.3 Å². The number of carbonyl (C=O) groups is 2. The minimum atomic E-state index is -2.01. The molecule has 1 saturated heterocycles. The van der Waals surface area contributed by atoms with Gasteiger partial charge in [-0.2, -0.15) is 0 Å². The number of phenolic OH excluding ortho intramolecular Hbond substituents is 1. The normalized spacial score (nSPS) is 24.4. The second kappa shape index (κ2) is 11.6. The zero-order chi connectivity index (χ0) is 35.2. The summed E-state index contributed by atoms with van der Waals surface area (Å²) in [6.45, 7) is -0.226. The lowest BCUT2D eigenvalue weighted by molar-refractivity contribution is -0.138. The predicted octanol–water partition coefficient (Wildman–Crippen LogP) is 2.37. The van der Waals surface area contributed by atoms with Gasteiger partial charge in [0.1, 0.15) is 11.4 Å². The van der Waals surface area contributed by atoms with Gasteiger partial charge in [-0.25, -0.2) is 28.5 Å². The number of methoxy groups -OCH3 is 2. The summed E-state index contributed by atoms with van der Waals surface area (Å²) in [5, 5.41) is 10.4. The van der Waals surface area contributed by atoms with Gasteiger partial charge in [0.15, 0.2) is 21.2 Å². The molecule has 4 atom stereocenters. The minimum Gasteiger partial charge on any atom is -0.508 e. The summed E-state index contributed by atoms with van der Waals surface area (Å²) >= 11 is 17.6. The second-order valence-electron chi connectivity index (χ2n) is 12.1. The molecule has 2 amide bonds. The molecular formula is C32H29BrCl2N6O8. The highest BCUT2D eigenvalue weighted by Gasteiger charge is 2.75. The molecule has 1 aliphatic carbocycles. The lowest BCUT2D eigenvalue weighted by atomic mass is 9.64. The molecule has 2 aromatic carbocycles. The monoisotopic (exact) mass is 774 g/mol. The number of hydrogen-bond acceptors (Lipinski definition) is 9. The Morgan fingerprint density at radius 3 is 2.41 bits per heavy atom. The molecule has 0 spiro atoms. The number of amides is 2. The number of phenols is 1. The summed E-state index contributed by atoms with van der Waals surface area (Å²) in [5.74, 6) is -1.76. The van der Waals surface area contributed by atoms with Gasteiger partial charge in [-0.1, -0.05) is 34.1 Å². The topological polar surface area (TPSA) is 160 Å². The lowest BCUT2D eigenvalue weighted by Gasteiger charge is -2.49. The standard InChI is InChI=1S/C32H29BrCl2N6O8/c1-37-21-13-24(49-3)23(48-2)12-20(21)36-19(26(37)43)8-9-38-29(46)40-10-7-18-22(41(40)30(38)47)14-31(34)27(44)39(15-33)28(45)32(31,35)25(18)16-5-4-6-17(42)11-16/h4-7,11-13,22,25,42H,8-10,14-15H2,1-3H3/t22-,25+,31-,32+/m1/s1. The van der Waals surface area contributed by atoms with Crippen molar-refractivity contribution in [3.05, 3.63) is 90.6 Å². The molecule has 2 fully saturated rings. The minimum absolute atomic E-state index is 0.0492. The molecule has 17 heteroatoms. The van der Waals surface area contributed by atoms with E-state index in [1.807, 2.05) is 0 Å². The summed E-state index contributed by atoms with van der Waals surface area (Å²) in [4.78, 5) is 70.2. The first-order chi connectivity index (χ1) is 23.3. The van der Waals surface area contributed by atoms with Crippen molar-refractivity contribution >= 4 is 62.0 Å². The highest BCUT2D eigenvalue weighted by Crippen LogP contribution is 2.63. The van der Waals surface area contributed by atoms with E-state index in [4.69, 9.17) is 32.7 Å². The van der Waals surface area contributed by atoms with Gasteiger partial charge in [-0.05, 0) is 23.3 Å². The Balaban J connectivity index is 1.31. The fourth-order valence-corrected chi connectivity index (χ4v) is 8.83. The Hall–Kier alpha value is -4.34. The van der Waals surface area contributed by atoms with Crippen molar-refractivity contribution in [1.29, 1.82) is 0 Å². The smallest absolute Gasteiger partial charge is 0.347 e. The molecule has 0 bridgehead atoms. The Bertz CT molecular complexity index is 2310. The zero-order valence-corrected chi connectivity index (χ0v) is 29.5. The van der Waals surface area contributed by atoms with E-state index in [2.05, 4.69) is 20.9 Å². The average molecular weight is 776 g/mol. The van der Waals surface area contributed by atoms with Crippen LogP contribution in [0, 0.1) is 0 Å². The van der Waals surface area contributed by atoms with Gasteiger partial charge in [0.2, 0.25) is 0 Å². The van der Waals surface area contributed by atoms with Gasteiger partial charge in [0, 0.05) is 44.5 Å². The maximum absolute atomic E-state index is 14.1. The first-order valence-electron chi connectivity index (χ1n) is 15.1. The number of halogens is 3. The second-order valence-corrected chi connectivity index (χ2v) is 13.9. The number of fused-ring (bicyclic) bond motifs is 5. The third-order valence-corrected chi connectivity index (χ3v) is 11.7. The van der Waals surface area contributed by atoms with Crippen LogP contribution < -0.4 is 26.4 Å². The van der Waals surface area contributed by atoms with Crippen LogP contribution in [-0.4, -0.2) is 74.7 Å². The van der Waals surface area contributed by atoms with Gasteiger partial charge in [-0.15, -0.1) is 23.2 Å². The number of nitrogens with zero attached hydrogens (tertiary/aromatic N) is 6. The number of aromatic nitrogens is 5. The summed E-state index contributed by atoms with van der Waals surface area (Å²) in [7, 11) is 4.55. The number of ether oxygens (including phenoxy) is 2. The third kappa shape index (κ3) is 4.51. The van der Waals surface area contributed by atoms with Gasteiger partial charge >= 0.3 is 11.4 Å². The number of benzene rings is 2. The lowest BCUT2D eigenvalue weighted by Crippen LogP contribution is -2.59. The van der Waals surface area contributed by atoms with Crippen molar-refractivity contribution in [3.8, 4) is 17.2 Å². The van der Waals surface area contributed by atoms with Crippen molar-refractivity contribution in [2.75, 3.05) is 19.7 Å². The van der Waals surface area contributed by atoms with Crippen LogP contribution in [0.15, 0.2) is 62.4 Å². The van der Waals surface area contributed by atoms with Crippen molar-refractivity contribution in [2.24, 2.45) is 7.05 Å². The van der Waals surface area contributed by atoms with E-state index < -0.39 is 50.5 Å². The van der Waals surface area contributed by atoms with E-state index in [0.717, 1.165) is 9.47 Å². The molecule has 0 unspecified atom stereocenters. The van der Waals surface area contributed by atoms with Crippen LogP contribution in [0.3, 0.4) is 0 Å². The molecule has 4 heterocycles. The summed E-state index contributed by atoms with van der Waals surface area (Å²) in [6.07, 6.45) is 1.39. The van der Waals surface area contributed by atoms with E-state index in [1.54, 1.807) is 37.4 Å². The van der Waals surface area contributed by atoms with Crippen LogP contribution in [0.1, 0.15) is 29.6 Å². The SMILES string of the molecule is COc1cc2nc(CCn3c(=O)n4n(c3=O)[C@@H]3C[C@@]5(Cl)C(=O)N(CBr)C(=O)[C@@]5(Cl)[C@@H](c5cccc(O)c5)C3=CC4)c(=O)n(C)c2cc1OC. The Morgan fingerprint density at radius 2 is 1.73 bits per heavy atom. The quantitative estimate of drug-likeness (QED) is 0.129. The predicted molar refractivity (Wildman–Crippen MR) is 182 cm³/mol. The zero-order valence-electron chi connectivity index (χ0n) is 26.4. The molecule has 1 N–H and O–H groups in total. The molecule has 14 nitrogen and oxygen atoms in total. The number of alkyl halides is 3. The first kappa shape index (κ1) is 33.2. The number of likely N-dealkylation sites (tertiary alicyclic amines) is 1. The molecule has 7 rings (SSSR count). The number of imide groups is 1. The number of carbonyl (C=O) groups excluding carboxylic acids is 2. The number of rotatable bonds is 7. The van der Waals surface area contributed by atoms with Crippen molar-refractivity contribution in [1.82, 2.24) is 28.4 Å². The first-order valence-corrected chi connectivity index (χ1v) is 17.0. The summed E-state index contributed by atoms with van der Waals surface area (Å²) in [5.41, 5.74) is 0.0835. The Kier molecular flexibility index (Phi) is 7.87. The number of hydrogen-bond donors (Lipinski definition) is 1. The Labute approximate surface area is 295 Å². The highest BCUT2D eigenvalue weighted by atomic mass is 79.9. The molecule has 4 aromatic rings. The summed E-state index contributed by atoms with van der Waals surface area (Å²) < 4.78 is 15.6. The maximum atomic E-state index is 14.1. The van der Waals surface area contributed by atoms with Crippen LogP contribution in [0.5, 0.6) is 17.2 Å². The average Bonchev–Trinajstić information content (AvgIpc) is 3.41. The molecule has 1 saturated carbocycles. The molecule has 3 aliphatic rings. The van der Waals surface area contributed by atoms with Gasteiger partial charge in [0.05, 0.1) is 43.3 Å². The van der Waals surface area contributed by atoms with E-state index in [9.17, 15) is 29.1 Å². The van der Waals surface area contributed by atoms with Crippen LogP contribution in [0.4, 0.5) is 0 Å². The fourth-order valence-electron chi connectivity index (χ4n) is 7.42. The van der Waals surface area contributed by atoms with Crippen LogP contribution >= 0.6 is 39.1 Å². The molecule has 2 aliphatic heterocycles. The molecule has 256 valence electrons. The van der Waals surface area contributed by atoms with E-state index in [-0.39, 0.29) is 42.8 Å². The van der Waals surface area contributed by atoms with Crippen LogP contribution in [0.2, 0.25) is 0 Å². The molecule has 2 aromatic heterocycles. The number of aryl methyl sites for hydroxylation is 2. The van der Waals surface area contributed by atoms with Crippen LogP contribution in [-0.2, 0) is 36.1 Å². The fraction of sp³-hybridized carbons (Fsp3) is 0.375. The van der Waals surface area contributed by atoms with Crippen molar-refractivity contribution in [3.63, 3.8) is 0 Å². The third-order valence-electron chi connectivity index (χ3n) is 9.79. The van der Waals surface area contributed by atoms with Gasteiger partial charge in [0.25, 0.3) is 17.4 Å². The van der Waals surface area contributed by atoms with E-state index >= 15 is 0 Å². The van der Waals surface area contributed by atoms with Crippen molar-refractivity contribution < 1.29 is 24.2 Å². The highest BCUT2D eigenvalue weighted by molar-refractivity contribution is 9.09. The van der Waals surface area contributed by atoms with E-state index in [1.165, 1.54) is 40.3 Å².